The zero-order valence-corrected chi connectivity index (χ0v) is 10.1. The second-order valence-corrected chi connectivity index (χ2v) is 5.86. The van der Waals surface area contributed by atoms with Crippen LogP contribution in [0.5, 0.6) is 0 Å². The molecule has 14 heavy (non-hydrogen) atoms. The van der Waals surface area contributed by atoms with Crippen molar-refractivity contribution in [2.24, 2.45) is 5.92 Å². The van der Waals surface area contributed by atoms with Gasteiger partial charge in [-0.05, 0) is 30.9 Å². The lowest BCUT2D eigenvalue weighted by atomic mass is 10.1. The summed E-state index contributed by atoms with van der Waals surface area (Å²) in [6, 6.07) is 0.702. The highest BCUT2D eigenvalue weighted by Crippen LogP contribution is 2.29. The standard InChI is InChI=1S/C11H23NOS/c1-3-14-11-5-4-10(6-11)12-7-9(2)8-13/h9-13H,3-8H2,1-2H3. The molecular weight excluding hydrogens is 194 g/mol. The van der Waals surface area contributed by atoms with Crippen LogP contribution in [0, 0.1) is 5.92 Å². The minimum Gasteiger partial charge on any atom is -0.396 e. The molecule has 0 amide bonds. The van der Waals surface area contributed by atoms with E-state index in [4.69, 9.17) is 5.11 Å². The molecule has 1 fully saturated rings. The van der Waals surface area contributed by atoms with E-state index in [0.29, 0.717) is 18.6 Å². The molecule has 1 aliphatic carbocycles. The van der Waals surface area contributed by atoms with Crippen molar-refractivity contribution in [2.75, 3.05) is 18.9 Å². The Morgan fingerprint density at radius 2 is 2.29 bits per heavy atom. The maximum absolute atomic E-state index is 8.90. The molecule has 0 heterocycles. The molecule has 0 aromatic rings. The Balaban J connectivity index is 2.09. The monoisotopic (exact) mass is 217 g/mol. The third-order valence-corrected chi connectivity index (χ3v) is 4.09. The molecule has 1 rings (SSSR count). The number of aliphatic hydroxyl groups excluding tert-OH is 1. The highest BCUT2D eigenvalue weighted by atomic mass is 32.2. The third-order valence-electron chi connectivity index (χ3n) is 2.85. The fourth-order valence-corrected chi connectivity index (χ4v) is 3.09. The van der Waals surface area contributed by atoms with E-state index in [1.54, 1.807) is 0 Å². The fraction of sp³-hybridized carbons (Fsp3) is 1.00. The molecule has 0 bridgehead atoms. The molecule has 0 spiro atoms. The van der Waals surface area contributed by atoms with Gasteiger partial charge >= 0.3 is 0 Å². The summed E-state index contributed by atoms with van der Waals surface area (Å²) in [6.07, 6.45) is 4.00. The minimum absolute atomic E-state index is 0.298. The largest absolute Gasteiger partial charge is 0.396 e. The van der Waals surface area contributed by atoms with Crippen LogP contribution in [0.1, 0.15) is 33.1 Å². The van der Waals surface area contributed by atoms with Gasteiger partial charge in [0.2, 0.25) is 0 Å². The maximum Gasteiger partial charge on any atom is 0.0468 e. The van der Waals surface area contributed by atoms with E-state index in [1.165, 1.54) is 25.0 Å². The van der Waals surface area contributed by atoms with Crippen LogP contribution in [-0.4, -0.2) is 35.3 Å². The van der Waals surface area contributed by atoms with Crippen molar-refractivity contribution in [1.82, 2.24) is 5.32 Å². The van der Waals surface area contributed by atoms with Gasteiger partial charge in [-0.15, -0.1) is 0 Å². The van der Waals surface area contributed by atoms with Crippen LogP contribution in [0.25, 0.3) is 0 Å². The van der Waals surface area contributed by atoms with E-state index in [0.717, 1.165) is 11.8 Å². The number of rotatable bonds is 6. The molecule has 2 N–H and O–H groups in total. The first-order chi connectivity index (χ1) is 6.76. The Hall–Kier alpha value is 0.270. The molecule has 84 valence electrons. The van der Waals surface area contributed by atoms with Gasteiger partial charge in [-0.2, -0.15) is 11.8 Å². The average molecular weight is 217 g/mol. The Morgan fingerprint density at radius 1 is 1.50 bits per heavy atom. The Labute approximate surface area is 91.9 Å². The first-order valence-electron chi connectivity index (χ1n) is 5.72. The van der Waals surface area contributed by atoms with Crippen LogP contribution >= 0.6 is 11.8 Å². The second kappa shape index (κ2) is 6.70. The molecule has 3 heteroatoms. The zero-order chi connectivity index (χ0) is 10.4. The number of aliphatic hydroxyl groups is 1. The van der Waals surface area contributed by atoms with Crippen molar-refractivity contribution in [1.29, 1.82) is 0 Å². The van der Waals surface area contributed by atoms with Crippen LogP contribution in [-0.2, 0) is 0 Å². The Kier molecular flexibility index (Phi) is 5.90. The van der Waals surface area contributed by atoms with Gasteiger partial charge in [0.05, 0.1) is 0 Å². The maximum atomic E-state index is 8.90. The lowest BCUT2D eigenvalue weighted by Crippen LogP contribution is -2.32. The number of hydrogen-bond acceptors (Lipinski definition) is 3. The second-order valence-electron chi connectivity index (χ2n) is 4.28. The summed E-state index contributed by atoms with van der Waals surface area (Å²) in [6.45, 7) is 5.58. The smallest absolute Gasteiger partial charge is 0.0468 e. The van der Waals surface area contributed by atoms with Crippen LogP contribution in [0.4, 0.5) is 0 Å². The van der Waals surface area contributed by atoms with Gasteiger partial charge in [-0.25, -0.2) is 0 Å². The molecule has 2 nitrogen and oxygen atoms in total. The molecule has 3 atom stereocenters. The minimum atomic E-state index is 0.298. The molecule has 0 aromatic heterocycles. The number of thioether (sulfide) groups is 1. The summed E-state index contributed by atoms with van der Waals surface area (Å²) in [5.74, 6) is 1.64. The summed E-state index contributed by atoms with van der Waals surface area (Å²) in [5, 5.41) is 13.3. The molecule has 0 radical (unpaired) electrons. The third kappa shape index (κ3) is 4.20. The summed E-state index contributed by atoms with van der Waals surface area (Å²) in [4.78, 5) is 0. The van der Waals surface area contributed by atoms with Gasteiger partial charge in [-0.1, -0.05) is 13.8 Å². The average Bonchev–Trinajstić information content (AvgIpc) is 2.63. The highest BCUT2D eigenvalue weighted by molar-refractivity contribution is 7.99. The van der Waals surface area contributed by atoms with Crippen LogP contribution in [0.15, 0.2) is 0 Å². The highest BCUT2D eigenvalue weighted by Gasteiger charge is 2.24. The van der Waals surface area contributed by atoms with Gasteiger partial charge in [0, 0.05) is 24.4 Å². The normalized spacial score (nSPS) is 29.4. The van der Waals surface area contributed by atoms with E-state index in [9.17, 15) is 0 Å². The molecule has 0 saturated heterocycles. The number of nitrogens with one attached hydrogen (secondary N) is 1. The van der Waals surface area contributed by atoms with Gasteiger partial charge in [0.25, 0.3) is 0 Å². The predicted octanol–water partition coefficient (Wildman–Crippen LogP) is 1.88. The lowest BCUT2D eigenvalue weighted by Gasteiger charge is -2.15. The molecule has 1 saturated carbocycles. The van der Waals surface area contributed by atoms with Gasteiger partial charge < -0.3 is 10.4 Å². The van der Waals surface area contributed by atoms with Crippen LogP contribution in [0.2, 0.25) is 0 Å². The molecule has 0 aromatic carbocycles. The lowest BCUT2D eigenvalue weighted by molar-refractivity contribution is 0.230. The van der Waals surface area contributed by atoms with Crippen LogP contribution in [0.3, 0.4) is 0 Å². The Bertz CT molecular complexity index is 154. The number of hydrogen-bond donors (Lipinski definition) is 2. The molecular formula is C11H23NOS. The van der Waals surface area contributed by atoms with Gasteiger partial charge in [-0.3, -0.25) is 0 Å². The van der Waals surface area contributed by atoms with Gasteiger partial charge in [0.15, 0.2) is 0 Å². The van der Waals surface area contributed by atoms with Crippen molar-refractivity contribution in [2.45, 2.75) is 44.4 Å². The summed E-state index contributed by atoms with van der Waals surface area (Å²) in [7, 11) is 0. The van der Waals surface area contributed by atoms with Crippen molar-refractivity contribution < 1.29 is 5.11 Å². The SMILES string of the molecule is CCSC1CCC(NCC(C)CO)C1. The molecule has 3 unspecified atom stereocenters. The summed E-state index contributed by atoms with van der Waals surface area (Å²) in [5.41, 5.74) is 0. The zero-order valence-electron chi connectivity index (χ0n) is 9.33. The summed E-state index contributed by atoms with van der Waals surface area (Å²) < 4.78 is 0. The topological polar surface area (TPSA) is 32.3 Å². The van der Waals surface area contributed by atoms with Crippen molar-refractivity contribution in [3.8, 4) is 0 Å². The van der Waals surface area contributed by atoms with Gasteiger partial charge in [0.1, 0.15) is 0 Å². The predicted molar refractivity (Wildman–Crippen MR) is 63.8 cm³/mol. The van der Waals surface area contributed by atoms with E-state index >= 15 is 0 Å². The first kappa shape index (κ1) is 12.3. The van der Waals surface area contributed by atoms with Crippen LogP contribution < -0.4 is 5.32 Å². The van der Waals surface area contributed by atoms with E-state index in [-0.39, 0.29) is 0 Å². The van der Waals surface area contributed by atoms with Crippen molar-refractivity contribution >= 4 is 11.8 Å². The van der Waals surface area contributed by atoms with E-state index in [1.807, 2.05) is 0 Å². The van der Waals surface area contributed by atoms with E-state index < -0.39 is 0 Å². The van der Waals surface area contributed by atoms with Crippen molar-refractivity contribution in [3.05, 3.63) is 0 Å². The first-order valence-corrected chi connectivity index (χ1v) is 6.77. The summed E-state index contributed by atoms with van der Waals surface area (Å²) >= 11 is 2.09. The molecule has 0 aliphatic heterocycles. The Morgan fingerprint density at radius 3 is 2.93 bits per heavy atom. The quantitative estimate of drug-likeness (QED) is 0.712. The van der Waals surface area contributed by atoms with Crippen molar-refractivity contribution in [3.63, 3.8) is 0 Å². The fourth-order valence-electron chi connectivity index (χ4n) is 1.94. The molecule has 1 aliphatic rings. The van der Waals surface area contributed by atoms with E-state index in [2.05, 4.69) is 30.9 Å².